The highest BCUT2D eigenvalue weighted by molar-refractivity contribution is 7.88. The van der Waals surface area contributed by atoms with Crippen molar-refractivity contribution in [2.24, 2.45) is 5.18 Å². The van der Waals surface area contributed by atoms with E-state index in [0.717, 1.165) is 6.26 Å². The summed E-state index contributed by atoms with van der Waals surface area (Å²) in [7, 11) is -3.24. The quantitative estimate of drug-likeness (QED) is 0.313. The van der Waals surface area contributed by atoms with Crippen LogP contribution >= 0.6 is 11.6 Å². The lowest BCUT2D eigenvalue weighted by Crippen LogP contribution is -2.27. The van der Waals surface area contributed by atoms with Gasteiger partial charge in [0.05, 0.1) is 6.26 Å². The van der Waals surface area contributed by atoms with Gasteiger partial charge < -0.3 is 5.32 Å². The van der Waals surface area contributed by atoms with Gasteiger partial charge in [0, 0.05) is 13.1 Å². The number of nitroso groups, excluding NO2 is 1. The Balaban J connectivity index is 2.47. The van der Waals surface area contributed by atoms with Gasteiger partial charge in [-0.15, -0.1) is 4.91 Å². The van der Waals surface area contributed by atoms with Crippen molar-refractivity contribution in [3.63, 3.8) is 0 Å². The van der Waals surface area contributed by atoms with E-state index >= 15 is 0 Å². The first-order valence-corrected chi connectivity index (χ1v) is 6.74. The summed E-state index contributed by atoms with van der Waals surface area (Å²) in [5, 5.41) is 12.1. The van der Waals surface area contributed by atoms with Gasteiger partial charge in [0.1, 0.15) is 0 Å². The standard InChI is InChI=1S/C6H10ClN5O4S/c1-17(14,15)9-3-2-8-6-4(5(7)10-13)11-16-12-6/h5,9H,2-3H2,1H3,(H,8,12). The minimum absolute atomic E-state index is 0.0565. The first-order chi connectivity index (χ1) is 7.94. The first-order valence-electron chi connectivity index (χ1n) is 4.41. The van der Waals surface area contributed by atoms with Crippen molar-refractivity contribution in [1.29, 1.82) is 0 Å². The molecule has 0 aliphatic heterocycles. The lowest BCUT2D eigenvalue weighted by molar-refractivity contribution is 0.304. The van der Waals surface area contributed by atoms with Crippen molar-refractivity contribution in [2.75, 3.05) is 24.7 Å². The predicted octanol–water partition coefficient (Wildman–Crippen LogP) is 0.0345. The van der Waals surface area contributed by atoms with Gasteiger partial charge in [-0.3, -0.25) is 0 Å². The molecule has 96 valence electrons. The van der Waals surface area contributed by atoms with E-state index in [1.807, 2.05) is 0 Å². The fourth-order valence-electron chi connectivity index (χ4n) is 0.942. The molecule has 1 unspecified atom stereocenters. The molecule has 17 heavy (non-hydrogen) atoms. The third-order valence-electron chi connectivity index (χ3n) is 1.61. The van der Waals surface area contributed by atoms with Crippen LogP contribution in [0.2, 0.25) is 0 Å². The van der Waals surface area contributed by atoms with E-state index in [1.165, 1.54) is 0 Å². The Morgan fingerprint density at radius 2 is 2.18 bits per heavy atom. The number of anilines is 1. The highest BCUT2D eigenvalue weighted by Gasteiger charge is 2.19. The number of hydrogen-bond donors (Lipinski definition) is 2. The summed E-state index contributed by atoms with van der Waals surface area (Å²) >= 11 is 5.53. The maximum Gasteiger partial charge on any atom is 0.214 e. The topological polar surface area (TPSA) is 127 Å². The SMILES string of the molecule is CS(=O)(=O)NCCNc1nonc1C(Cl)N=O. The van der Waals surface area contributed by atoms with E-state index < -0.39 is 15.5 Å². The van der Waals surface area contributed by atoms with E-state index in [-0.39, 0.29) is 24.6 Å². The van der Waals surface area contributed by atoms with Crippen molar-refractivity contribution in [3.05, 3.63) is 10.6 Å². The second-order valence-corrected chi connectivity index (χ2v) is 5.28. The third-order valence-corrected chi connectivity index (χ3v) is 2.63. The van der Waals surface area contributed by atoms with Crippen LogP contribution < -0.4 is 10.0 Å². The summed E-state index contributed by atoms with van der Waals surface area (Å²) in [5.41, 5.74) is -1.15. The summed E-state index contributed by atoms with van der Waals surface area (Å²) in [6.45, 7) is 0.378. The summed E-state index contributed by atoms with van der Waals surface area (Å²) in [4.78, 5) is 10.2. The molecule has 0 aliphatic carbocycles. The van der Waals surface area contributed by atoms with Gasteiger partial charge in [0.2, 0.25) is 15.5 Å². The number of nitrogens with zero attached hydrogens (tertiary/aromatic N) is 3. The molecule has 0 spiro atoms. The molecule has 1 heterocycles. The Labute approximate surface area is 102 Å². The van der Waals surface area contributed by atoms with Gasteiger partial charge >= 0.3 is 0 Å². The lowest BCUT2D eigenvalue weighted by atomic mass is 10.4. The van der Waals surface area contributed by atoms with Gasteiger partial charge in [-0.1, -0.05) is 11.6 Å². The van der Waals surface area contributed by atoms with E-state index in [1.54, 1.807) is 0 Å². The second kappa shape index (κ2) is 5.89. The molecule has 0 fully saturated rings. The molecular formula is C6H10ClN5O4S. The van der Waals surface area contributed by atoms with E-state index in [2.05, 4.69) is 30.2 Å². The number of nitrogens with one attached hydrogen (secondary N) is 2. The molecule has 0 aromatic carbocycles. The van der Waals surface area contributed by atoms with Crippen LogP contribution in [0, 0.1) is 4.91 Å². The number of alkyl halides is 1. The van der Waals surface area contributed by atoms with Crippen LogP contribution in [0.15, 0.2) is 9.81 Å². The molecule has 0 aliphatic rings. The van der Waals surface area contributed by atoms with Gasteiger partial charge in [-0.25, -0.2) is 17.8 Å². The molecular weight excluding hydrogens is 274 g/mol. The van der Waals surface area contributed by atoms with Crippen LogP contribution in [0.4, 0.5) is 5.82 Å². The molecule has 0 radical (unpaired) electrons. The largest absolute Gasteiger partial charge is 0.364 e. The third kappa shape index (κ3) is 4.63. The van der Waals surface area contributed by atoms with Crippen LogP contribution in [0.3, 0.4) is 0 Å². The molecule has 1 aromatic heterocycles. The molecule has 1 atom stereocenters. The summed E-state index contributed by atoms with van der Waals surface area (Å²) in [5.74, 6) is 0.153. The van der Waals surface area contributed by atoms with Crippen molar-refractivity contribution in [1.82, 2.24) is 15.0 Å². The second-order valence-electron chi connectivity index (χ2n) is 3.03. The van der Waals surface area contributed by atoms with E-state index in [0.29, 0.717) is 0 Å². The zero-order valence-corrected chi connectivity index (χ0v) is 10.3. The Kier molecular flexibility index (Phi) is 4.78. The molecule has 9 nitrogen and oxygen atoms in total. The Morgan fingerprint density at radius 3 is 2.76 bits per heavy atom. The summed E-state index contributed by atoms with van der Waals surface area (Å²) in [6, 6.07) is 0. The Hall–Kier alpha value is -1.26. The minimum Gasteiger partial charge on any atom is -0.364 e. The molecule has 1 rings (SSSR count). The van der Waals surface area contributed by atoms with E-state index in [4.69, 9.17) is 11.6 Å². The van der Waals surface area contributed by atoms with Crippen LogP contribution in [0.5, 0.6) is 0 Å². The van der Waals surface area contributed by atoms with Crippen molar-refractivity contribution < 1.29 is 13.0 Å². The molecule has 0 amide bonds. The summed E-state index contributed by atoms with van der Waals surface area (Å²) in [6.07, 6.45) is 1.04. The van der Waals surface area contributed by atoms with Crippen molar-refractivity contribution in [2.45, 2.75) is 5.50 Å². The van der Waals surface area contributed by atoms with Gasteiger partial charge in [0.25, 0.3) is 0 Å². The predicted molar refractivity (Wildman–Crippen MR) is 60.0 cm³/mol. The number of sulfonamides is 1. The molecule has 2 N–H and O–H groups in total. The molecule has 11 heteroatoms. The van der Waals surface area contributed by atoms with Crippen LogP contribution in [0.25, 0.3) is 0 Å². The molecule has 0 saturated carbocycles. The Morgan fingerprint density at radius 1 is 1.47 bits per heavy atom. The molecule has 0 bridgehead atoms. The number of aromatic nitrogens is 2. The monoisotopic (exact) mass is 283 g/mol. The fraction of sp³-hybridized carbons (Fsp3) is 0.667. The average molecular weight is 284 g/mol. The highest BCUT2D eigenvalue weighted by atomic mass is 35.5. The normalized spacial score (nSPS) is 13.3. The number of rotatable bonds is 7. The van der Waals surface area contributed by atoms with Gasteiger partial charge in [-0.2, -0.15) is 0 Å². The minimum atomic E-state index is -3.24. The molecule has 1 aromatic rings. The first kappa shape index (κ1) is 13.8. The van der Waals surface area contributed by atoms with Gasteiger partial charge in [-0.05, 0) is 15.5 Å². The Bertz CT molecular complexity index is 475. The zero-order valence-electron chi connectivity index (χ0n) is 8.75. The van der Waals surface area contributed by atoms with Gasteiger partial charge in [0.15, 0.2) is 11.5 Å². The fourth-order valence-corrected chi connectivity index (χ4v) is 1.56. The average Bonchev–Trinajstić information content (AvgIpc) is 2.70. The number of hydrogen-bond acceptors (Lipinski definition) is 8. The lowest BCUT2D eigenvalue weighted by Gasteiger charge is -2.04. The van der Waals surface area contributed by atoms with Crippen LogP contribution in [-0.2, 0) is 10.0 Å². The van der Waals surface area contributed by atoms with E-state index in [9.17, 15) is 13.3 Å². The highest BCUT2D eigenvalue weighted by Crippen LogP contribution is 2.24. The molecule has 0 saturated heterocycles. The zero-order chi connectivity index (χ0) is 12.9. The maximum absolute atomic E-state index is 10.8. The van der Waals surface area contributed by atoms with Crippen molar-refractivity contribution in [3.8, 4) is 0 Å². The maximum atomic E-state index is 10.8. The number of halogens is 1. The van der Waals surface area contributed by atoms with Crippen LogP contribution in [0.1, 0.15) is 11.2 Å². The van der Waals surface area contributed by atoms with Crippen molar-refractivity contribution >= 4 is 27.4 Å². The van der Waals surface area contributed by atoms with Crippen LogP contribution in [-0.4, -0.2) is 38.1 Å². The smallest absolute Gasteiger partial charge is 0.214 e. The summed E-state index contributed by atoms with van der Waals surface area (Å²) < 4.78 is 28.1.